The largest absolute Gasteiger partial charge is 0.497 e. The molecule has 9 heteroatoms. The van der Waals surface area contributed by atoms with Crippen LogP contribution in [-0.2, 0) is 4.79 Å². The van der Waals surface area contributed by atoms with Crippen molar-refractivity contribution in [1.29, 1.82) is 0 Å². The number of benzene rings is 2. The van der Waals surface area contributed by atoms with E-state index in [4.69, 9.17) is 19.3 Å². The molecule has 2 aromatic heterocycles. The Hall–Kier alpha value is -4.40. The Morgan fingerprint density at radius 1 is 1.06 bits per heavy atom. The number of nitrogens with zero attached hydrogens (tertiary/aromatic N) is 5. The van der Waals surface area contributed by atoms with Gasteiger partial charge in [-0.3, -0.25) is 9.48 Å². The average Bonchev–Trinajstić information content (AvgIpc) is 3.59. The zero-order chi connectivity index (χ0) is 25.2. The summed E-state index contributed by atoms with van der Waals surface area (Å²) in [7, 11) is 4.84. The Morgan fingerprint density at radius 3 is 2.61 bits per heavy atom. The van der Waals surface area contributed by atoms with Crippen LogP contribution in [0.5, 0.6) is 17.2 Å². The minimum absolute atomic E-state index is 0.0368. The van der Waals surface area contributed by atoms with Gasteiger partial charge in [0.1, 0.15) is 17.8 Å². The zero-order valence-corrected chi connectivity index (χ0v) is 20.5. The van der Waals surface area contributed by atoms with Gasteiger partial charge >= 0.3 is 0 Å². The third kappa shape index (κ3) is 4.13. The van der Waals surface area contributed by atoms with Crippen molar-refractivity contribution in [3.8, 4) is 39.8 Å². The normalized spacial score (nSPS) is 15.2. The molecule has 1 saturated heterocycles. The topological polar surface area (TPSA) is 91.6 Å². The number of carbonyl (C=O) groups excluding carboxylic acids is 1. The van der Waals surface area contributed by atoms with Gasteiger partial charge in [-0.15, -0.1) is 0 Å². The molecule has 0 spiro atoms. The van der Waals surface area contributed by atoms with Crippen LogP contribution < -0.4 is 14.2 Å². The predicted octanol–water partition coefficient (Wildman–Crippen LogP) is 4.15. The lowest BCUT2D eigenvalue weighted by atomic mass is 10.0. The van der Waals surface area contributed by atoms with E-state index in [0.29, 0.717) is 24.6 Å². The molecule has 2 aromatic carbocycles. The molecule has 36 heavy (non-hydrogen) atoms. The first-order valence-corrected chi connectivity index (χ1v) is 11.6. The molecule has 0 saturated carbocycles. The summed E-state index contributed by atoms with van der Waals surface area (Å²) >= 11 is 0. The van der Waals surface area contributed by atoms with E-state index < -0.39 is 0 Å². The summed E-state index contributed by atoms with van der Waals surface area (Å²) in [6.45, 7) is 4.84. The molecule has 0 unspecified atom stereocenters. The van der Waals surface area contributed by atoms with Crippen molar-refractivity contribution in [2.45, 2.75) is 12.5 Å². The van der Waals surface area contributed by atoms with Crippen LogP contribution in [0.15, 0.2) is 61.6 Å². The Balaban J connectivity index is 1.68. The fraction of sp³-hybridized carbons (Fsp3) is 0.259. The van der Waals surface area contributed by atoms with Crippen molar-refractivity contribution in [2.24, 2.45) is 0 Å². The molecule has 9 nitrogen and oxygen atoms in total. The summed E-state index contributed by atoms with van der Waals surface area (Å²) in [4.78, 5) is 23.1. The highest BCUT2D eigenvalue weighted by atomic mass is 16.5. The van der Waals surface area contributed by atoms with Gasteiger partial charge in [0.05, 0.1) is 38.6 Å². The summed E-state index contributed by atoms with van der Waals surface area (Å²) < 4.78 is 18.4. The van der Waals surface area contributed by atoms with Crippen molar-refractivity contribution < 1.29 is 19.0 Å². The summed E-state index contributed by atoms with van der Waals surface area (Å²) in [5.74, 6) is 1.85. The molecule has 0 N–H and O–H groups in total. The van der Waals surface area contributed by atoms with Crippen LogP contribution in [0.25, 0.3) is 33.4 Å². The number of ether oxygens (including phenoxy) is 3. The SMILES string of the molecule is C=CC(=O)N1CC[C@@H](n2cc(-c3ncnc4cc(OC)c(OC)cc34)c(-c3cccc(OC)c3)n2)C1. The van der Waals surface area contributed by atoms with Crippen LogP contribution in [0.3, 0.4) is 0 Å². The first-order valence-electron chi connectivity index (χ1n) is 11.6. The standard InChI is InChI=1S/C27H27N5O4/c1-5-25(33)31-10-9-18(14-31)32-15-21(26(30-32)17-7-6-8-19(11-17)34-2)27-20-12-23(35-3)24(36-4)13-22(20)28-16-29-27/h5-8,11-13,15-16,18H,1,9-10,14H2,2-4H3/t18-/m1/s1. The van der Waals surface area contributed by atoms with E-state index in [9.17, 15) is 4.79 Å². The van der Waals surface area contributed by atoms with E-state index in [1.54, 1.807) is 26.2 Å². The van der Waals surface area contributed by atoms with Gasteiger partial charge in [0.15, 0.2) is 11.5 Å². The highest BCUT2D eigenvalue weighted by Gasteiger charge is 2.29. The number of fused-ring (bicyclic) bond motifs is 1. The maximum Gasteiger partial charge on any atom is 0.246 e. The van der Waals surface area contributed by atoms with Gasteiger partial charge in [-0.2, -0.15) is 5.10 Å². The number of methoxy groups -OCH3 is 3. The number of hydrogen-bond acceptors (Lipinski definition) is 7. The van der Waals surface area contributed by atoms with E-state index >= 15 is 0 Å². The number of likely N-dealkylation sites (tertiary alicyclic amines) is 1. The molecule has 1 amide bonds. The molecule has 0 aliphatic carbocycles. The molecule has 1 fully saturated rings. The third-order valence-corrected chi connectivity index (χ3v) is 6.49. The molecule has 1 aliphatic rings. The maximum absolute atomic E-state index is 12.2. The zero-order valence-electron chi connectivity index (χ0n) is 20.5. The summed E-state index contributed by atoms with van der Waals surface area (Å²) in [6.07, 6.45) is 5.69. The van der Waals surface area contributed by atoms with Crippen LogP contribution in [0, 0.1) is 0 Å². The van der Waals surface area contributed by atoms with Crippen LogP contribution >= 0.6 is 0 Å². The molecule has 1 atom stereocenters. The van der Waals surface area contributed by atoms with Gasteiger partial charge in [0.25, 0.3) is 0 Å². The fourth-order valence-corrected chi connectivity index (χ4v) is 4.62. The van der Waals surface area contributed by atoms with Gasteiger partial charge in [0.2, 0.25) is 5.91 Å². The molecule has 3 heterocycles. The van der Waals surface area contributed by atoms with Crippen LogP contribution in [0.1, 0.15) is 12.5 Å². The van der Waals surface area contributed by atoms with Crippen LogP contribution in [0.2, 0.25) is 0 Å². The van der Waals surface area contributed by atoms with Gasteiger partial charge < -0.3 is 19.1 Å². The molecule has 1 aliphatic heterocycles. The van der Waals surface area contributed by atoms with Gasteiger partial charge in [-0.25, -0.2) is 9.97 Å². The highest BCUT2D eigenvalue weighted by molar-refractivity contribution is 5.97. The lowest BCUT2D eigenvalue weighted by Crippen LogP contribution is -2.27. The lowest BCUT2D eigenvalue weighted by Gasteiger charge is -2.14. The monoisotopic (exact) mass is 485 g/mol. The second kappa shape index (κ2) is 9.69. The van der Waals surface area contributed by atoms with Crippen molar-refractivity contribution in [1.82, 2.24) is 24.6 Å². The van der Waals surface area contributed by atoms with Crippen molar-refractivity contribution in [3.63, 3.8) is 0 Å². The van der Waals surface area contributed by atoms with E-state index in [0.717, 1.165) is 45.6 Å². The number of hydrogen-bond donors (Lipinski definition) is 0. The first kappa shape index (κ1) is 23.3. The first-order chi connectivity index (χ1) is 17.6. The second-order valence-corrected chi connectivity index (χ2v) is 8.48. The Kier molecular flexibility index (Phi) is 6.28. The predicted molar refractivity (Wildman–Crippen MR) is 136 cm³/mol. The van der Waals surface area contributed by atoms with Gasteiger partial charge in [-0.1, -0.05) is 18.7 Å². The number of amides is 1. The minimum Gasteiger partial charge on any atom is -0.497 e. The average molecular weight is 486 g/mol. The summed E-state index contributed by atoms with van der Waals surface area (Å²) in [5, 5.41) is 5.81. The Labute approximate surface area is 208 Å². The number of carbonyl (C=O) groups is 1. The molecule has 5 rings (SSSR count). The van der Waals surface area contributed by atoms with E-state index in [-0.39, 0.29) is 11.9 Å². The van der Waals surface area contributed by atoms with Gasteiger partial charge in [0, 0.05) is 41.9 Å². The lowest BCUT2D eigenvalue weighted by molar-refractivity contribution is -0.125. The van der Waals surface area contributed by atoms with E-state index in [1.165, 1.54) is 12.4 Å². The third-order valence-electron chi connectivity index (χ3n) is 6.49. The fourth-order valence-electron chi connectivity index (χ4n) is 4.62. The highest BCUT2D eigenvalue weighted by Crippen LogP contribution is 2.39. The smallest absolute Gasteiger partial charge is 0.246 e. The van der Waals surface area contributed by atoms with Gasteiger partial charge in [-0.05, 0) is 30.7 Å². The molecular weight excluding hydrogens is 458 g/mol. The van der Waals surface area contributed by atoms with E-state index in [1.807, 2.05) is 47.3 Å². The Bertz CT molecular complexity index is 1450. The molecule has 0 radical (unpaired) electrons. The van der Waals surface area contributed by atoms with Crippen LogP contribution in [0.4, 0.5) is 0 Å². The second-order valence-electron chi connectivity index (χ2n) is 8.48. The van der Waals surface area contributed by atoms with Crippen LogP contribution in [-0.4, -0.2) is 65.0 Å². The Morgan fingerprint density at radius 2 is 1.86 bits per heavy atom. The summed E-state index contributed by atoms with van der Waals surface area (Å²) in [6, 6.07) is 11.5. The maximum atomic E-state index is 12.2. The van der Waals surface area contributed by atoms with E-state index in [2.05, 4.69) is 16.5 Å². The van der Waals surface area contributed by atoms with Crippen molar-refractivity contribution in [3.05, 3.63) is 61.6 Å². The number of aromatic nitrogens is 4. The summed E-state index contributed by atoms with van der Waals surface area (Å²) in [5.41, 5.74) is 3.95. The minimum atomic E-state index is -0.0688. The molecule has 4 aromatic rings. The van der Waals surface area contributed by atoms with Crippen molar-refractivity contribution in [2.75, 3.05) is 34.4 Å². The molecule has 0 bridgehead atoms. The number of rotatable bonds is 7. The molecule has 184 valence electrons. The van der Waals surface area contributed by atoms with Crippen molar-refractivity contribution >= 4 is 16.8 Å². The molecular formula is C27H27N5O4. The quantitative estimate of drug-likeness (QED) is 0.363.